The van der Waals surface area contributed by atoms with Crippen molar-refractivity contribution < 1.29 is 41.4 Å². The van der Waals surface area contributed by atoms with Crippen molar-refractivity contribution in [1.82, 2.24) is 0 Å². The Morgan fingerprint density at radius 1 is 1.05 bits per heavy atom. The second-order valence-corrected chi connectivity index (χ2v) is 3.98. The predicted octanol–water partition coefficient (Wildman–Crippen LogP) is 2.63. The lowest BCUT2D eigenvalue weighted by Crippen LogP contribution is -2.53. The Morgan fingerprint density at radius 2 is 1.55 bits per heavy atom. The van der Waals surface area contributed by atoms with Gasteiger partial charge in [-0.2, -0.15) is 26.3 Å². The van der Waals surface area contributed by atoms with Gasteiger partial charge in [0.2, 0.25) is 0 Å². The lowest BCUT2D eigenvalue weighted by molar-refractivity contribution is -0.376. The molecule has 0 aliphatic heterocycles. The number of rotatable bonds is 3. The van der Waals surface area contributed by atoms with Crippen LogP contribution in [-0.4, -0.2) is 28.5 Å². The van der Waals surface area contributed by atoms with Crippen LogP contribution in [0.2, 0.25) is 0 Å². The van der Waals surface area contributed by atoms with E-state index in [1.54, 1.807) is 0 Å². The summed E-state index contributed by atoms with van der Waals surface area (Å²) in [6.45, 7) is 0. The number of alkyl halides is 6. The maximum Gasteiger partial charge on any atom is 0.430 e. The van der Waals surface area contributed by atoms with E-state index in [1.807, 2.05) is 0 Å². The number of carbonyl (C=O) groups is 1. The van der Waals surface area contributed by atoms with E-state index in [2.05, 4.69) is 0 Å². The first kappa shape index (κ1) is 16.3. The van der Waals surface area contributed by atoms with E-state index >= 15 is 0 Å². The van der Waals surface area contributed by atoms with E-state index < -0.39 is 35.9 Å². The molecule has 0 amide bonds. The Labute approximate surface area is 108 Å². The van der Waals surface area contributed by atoms with Gasteiger partial charge >= 0.3 is 18.3 Å². The summed E-state index contributed by atoms with van der Waals surface area (Å²) in [5.41, 5.74) is -6.81. The first-order valence-electron chi connectivity index (χ1n) is 5.06. The van der Waals surface area contributed by atoms with Gasteiger partial charge in [0.05, 0.1) is 6.42 Å². The van der Waals surface area contributed by atoms with E-state index in [4.69, 9.17) is 10.2 Å². The summed E-state index contributed by atoms with van der Waals surface area (Å²) < 4.78 is 75.6. The first-order chi connectivity index (χ1) is 8.89. The lowest BCUT2D eigenvalue weighted by atomic mass is 9.90. The highest BCUT2D eigenvalue weighted by molar-refractivity contribution is 5.70. The number of benzene rings is 1. The third-order valence-electron chi connectivity index (χ3n) is 2.52. The fraction of sp³-hybridized carbons (Fsp3) is 0.364. The molecule has 9 heteroatoms. The number of carboxylic acid groups (broad SMARTS) is 1. The van der Waals surface area contributed by atoms with Crippen molar-refractivity contribution in [3.8, 4) is 0 Å². The Morgan fingerprint density at radius 3 is 1.95 bits per heavy atom. The van der Waals surface area contributed by atoms with Crippen LogP contribution in [0.1, 0.15) is 11.1 Å². The van der Waals surface area contributed by atoms with Gasteiger partial charge in [0, 0.05) is 5.56 Å². The van der Waals surface area contributed by atoms with E-state index in [9.17, 15) is 31.1 Å². The molecule has 0 bridgehead atoms. The molecule has 0 unspecified atom stereocenters. The Kier molecular flexibility index (Phi) is 4.04. The minimum absolute atomic E-state index is 0.290. The van der Waals surface area contributed by atoms with Crippen LogP contribution in [0.5, 0.6) is 0 Å². The Hall–Kier alpha value is -1.77. The molecule has 1 aromatic rings. The summed E-state index contributed by atoms with van der Waals surface area (Å²) in [4.78, 5) is 10.4. The highest BCUT2D eigenvalue weighted by atomic mass is 19.4. The van der Waals surface area contributed by atoms with Crippen molar-refractivity contribution in [1.29, 1.82) is 0 Å². The molecular weight excluding hydrogens is 294 g/mol. The van der Waals surface area contributed by atoms with E-state index in [1.165, 1.54) is 0 Å². The highest BCUT2D eigenvalue weighted by Crippen LogP contribution is 2.50. The van der Waals surface area contributed by atoms with Crippen molar-refractivity contribution >= 4 is 5.97 Å². The van der Waals surface area contributed by atoms with Crippen LogP contribution in [0.3, 0.4) is 0 Å². The molecule has 0 aliphatic carbocycles. The summed E-state index contributed by atoms with van der Waals surface area (Å²) in [5.74, 6) is -1.43. The molecule has 0 aromatic heterocycles. The minimum atomic E-state index is -5.99. The van der Waals surface area contributed by atoms with Gasteiger partial charge in [-0.1, -0.05) is 24.3 Å². The zero-order valence-electron chi connectivity index (χ0n) is 9.59. The molecule has 3 nitrogen and oxygen atoms in total. The molecule has 20 heavy (non-hydrogen) atoms. The number of hydrogen-bond donors (Lipinski definition) is 2. The van der Waals surface area contributed by atoms with Gasteiger partial charge < -0.3 is 10.2 Å². The zero-order valence-corrected chi connectivity index (χ0v) is 9.59. The summed E-state index contributed by atoms with van der Waals surface area (Å²) in [7, 11) is 0. The van der Waals surface area contributed by atoms with Gasteiger partial charge in [-0.15, -0.1) is 0 Å². The first-order valence-corrected chi connectivity index (χ1v) is 5.06. The minimum Gasteiger partial charge on any atom is -0.481 e. The maximum absolute atomic E-state index is 12.6. The molecule has 0 atom stereocenters. The molecular formula is C11H8F6O3. The summed E-state index contributed by atoms with van der Waals surface area (Å²) >= 11 is 0. The summed E-state index contributed by atoms with van der Waals surface area (Å²) in [5, 5.41) is 17.6. The van der Waals surface area contributed by atoms with Crippen molar-refractivity contribution in [2.45, 2.75) is 24.4 Å². The number of halogens is 6. The lowest BCUT2D eigenvalue weighted by Gasteiger charge is -2.32. The largest absolute Gasteiger partial charge is 0.481 e. The molecule has 1 aromatic carbocycles. The molecule has 0 fully saturated rings. The Balaban J connectivity index is 3.41. The second kappa shape index (κ2) is 4.97. The van der Waals surface area contributed by atoms with Gasteiger partial charge in [-0.25, -0.2) is 0 Å². The molecule has 0 heterocycles. The van der Waals surface area contributed by atoms with Crippen LogP contribution in [0.4, 0.5) is 26.3 Å². The summed E-state index contributed by atoms with van der Waals surface area (Å²) in [6, 6.07) is 2.67. The average molecular weight is 302 g/mol. The van der Waals surface area contributed by atoms with Crippen molar-refractivity contribution in [3.63, 3.8) is 0 Å². The number of carboxylic acids is 1. The fourth-order valence-corrected chi connectivity index (χ4v) is 1.57. The van der Waals surface area contributed by atoms with E-state index in [0.29, 0.717) is 12.1 Å². The number of aliphatic carboxylic acids is 1. The standard InChI is InChI=1S/C11H8F6O3/c12-10(13,14)9(20,11(15,16)17)7-3-1-2-6(4-7)5-8(18)19/h1-4,20H,5H2,(H,18,19). The third kappa shape index (κ3) is 2.87. The maximum atomic E-state index is 12.6. The van der Waals surface area contributed by atoms with Crippen LogP contribution in [0.15, 0.2) is 24.3 Å². The van der Waals surface area contributed by atoms with Crippen molar-refractivity contribution in [2.75, 3.05) is 0 Å². The van der Waals surface area contributed by atoms with Gasteiger partial charge in [-0.3, -0.25) is 4.79 Å². The number of aliphatic hydroxyl groups is 1. The molecule has 2 N–H and O–H groups in total. The van der Waals surface area contributed by atoms with Crippen LogP contribution in [-0.2, 0) is 16.8 Å². The predicted molar refractivity (Wildman–Crippen MR) is 53.8 cm³/mol. The van der Waals surface area contributed by atoms with Gasteiger partial charge in [0.25, 0.3) is 5.60 Å². The topological polar surface area (TPSA) is 57.5 Å². The molecule has 0 aliphatic rings. The molecule has 0 saturated carbocycles. The molecule has 0 radical (unpaired) electrons. The van der Waals surface area contributed by atoms with Crippen molar-refractivity contribution in [3.05, 3.63) is 35.4 Å². The normalized spacial score (nSPS) is 13.3. The SMILES string of the molecule is O=C(O)Cc1cccc(C(O)(C(F)(F)F)C(F)(F)F)c1. The number of hydrogen-bond acceptors (Lipinski definition) is 2. The van der Waals surface area contributed by atoms with Gasteiger partial charge in [0.15, 0.2) is 0 Å². The van der Waals surface area contributed by atoms with Crippen molar-refractivity contribution in [2.24, 2.45) is 0 Å². The van der Waals surface area contributed by atoms with E-state index in [-0.39, 0.29) is 5.56 Å². The van der Waals surface area contributed by atoms with Gasteiger partial charge in [0.1, 0.15) is 0 Å². The average Bonchev–Trinajstić information content (AvgIpc) is 2.24. The van der Waals surface area contributed by atoms with E-state index in [0.717, 1.165) is 12.1 Å². The fourth-order valence-electron chi connectivity index (χ4n) is 1.57. The van der Waals surface area contributed by atoms with Gasteiger partial charge in [-0.05, 0) is 5.56 Å². The van der Waals surface area contributed by atoms with Crippen LogP contribution in [0, 0.1) is 0 Å². The zero-order chi connectivity index (χ0) is 15.8. The smallest absolute Gasteiger partial charge is 0.430 e. The van der Waals surface area contributed by atoms with Crippen LogP contribution >= 0.6 is 0 Å². The Bertz CT molecular complexity index is 492. The monoisotopic (exact) mass is 302 g/mol. The van der Waals surface area contributed by atoms with Crippen LogP contribution in [0.25, 0.3) is 0 Å². The summed E-state index contributed by atoms with van der Waals surface area (Å²) in [6.07, 6.45) is -12.8. The molecule has 1 rings (SSSR count). The van der Waals surface area contributed by atoms with Crippen LogP contribution < -0.4 is 0 Å². The second-order valence-electron chi connectivity index (χ2n) is 3.98. The quantitative estimate of drug-likeness (QED) is 0.844. The third-order valence-corrected chi connectivity index (χ3v) is 2.52. The molecule has 112 valence electrons. The molecule has 0 saturated heterocycles. The highest BCUT2D eigenvalue weighted by Gasteiger charge is 2.71. The molecule has 0 spiro atoms.